The third-order valence-electron chi connectivity index (χ3n) is 4.05. The highest BCUT2D eigenvalue weighted by Gasteiger charge is 2.20. The Balaban J connectivity index is 1.75. The van der Waals surface area contributed by atoms with Crippen LogP contribution in [-0.4, -0.2) is 33.6 Å². The molecule has 1 atom stereocenters. The van der Waals surface area contributed by atoms with Crippen molar-refractivity contribution in [2.75, 3.05) is 17.9 Å². The van der Waals surface area contributed by atoms with E-state index in [2.05, 4.69) is 10.0 Å². The average Bonchev–Trinajstić information content (AvgIpc) is 3.14. The summed E-state index contributed by atoms with van der Waals surface area (Å²) in [5, 5.41) is 2.77. The predicted molar refractivity (Wildman–Crippen MR) is 95.0 cm³/mol. The van der Waals surface area contributed by atoms with Crippen molar-refractivity contribution in [3.8, 4) is 0 Å². The fraction of sp³-hybridized carbons (Fsp3) is 0.278. The zero-order chi connectivity index (χ0) is 18.6. The molecule has 1 heterocycles. The molecule has 2 aromatic rings. The van der Waals surface area contributed by atoms with E-state index in [1.54, 1.807) is 12.1 Å². The van der Waals surface area contributed by atoms with E-state index in [1.165, 1.54) is 12.1 Å². The number of para-hydroxylation sites is 1. The van der Waals surface area contributed by atoms with Crippen molar-refractivity contribution in [2.24, 2.45) is 0 Å². The van der Waals surface area contributed by atoms with Crippen LogP contribution in [-0.2, 0) is 14.8 Å². The van der Waals surface area contributed by atoms with Crippen LogP contribution in [0, 0.1) is 5.82 Å². The van der Waals surface area contributed by atoms with Crippen LogP contribution in [0.15, 0.2) is 53.4 Å². The highest BCUT2D eigenvalue weighted by atomic mass is 32.2. The Morgan fingerprint density at radius 2 is 1.88 bits per heavy atom. The molecule has 0 spiro atoms. The standard InChI is InChI=1S/C18H19FN2O4S/c19-13-7-9-15(10-8-13)26(23,24)21-17-6-2-1-5-16(17)18(22)20-12-14-4-3-11-25-14/h1-2,5-10,14,21H,3-4,11-12H2,(H,20,22)/t14-/m0/s1. The number of carbonyl (C=O) groups excluding carboxylic acids is 1. The lowest BCUT2D eigenvalue weighted by molar-refractivity contribution is 0.0858. The Kier molecular flexibility index (Phi) is 5.53. The molecule has 1 aliphatic rings. The molecule has 1 saturated heterocycles. The van der Waals surface area contributed by atoms with Crippen LogP contribution < -0.4 is 10.0 Å². The summed E-state index contributed by atoms with van der Waals surface area (Å²) in [7, 11) is -3.94. The fourth-order valence-corrected chi connectivity index (χ4v) is 3.77. The lowest BCUT2D eigenvalue weighted by Gasteiger charge is -2.14. The molecule has 1 amide bonds. The largest absolute Gasteiger partial charge is 0.376 e. The first kappa shape index (κ1) is 18.3. The quantitative estimate of drug-likeness (QED) is 0.809. The molecule has 1 fully saturated rings. The molecule has 2 aromatic carbocycles. The topological polar surface area (TPSA) is 84.5 Å². The van der Waals surface area contributed by atoms with Crippen molar-refractivity contribution in [3.05, 3.63) is 59.9 Å². The molecule has 0 aliphatic carbocycles. The SMILES string of the molecule is O=C(NC[C@@H]1CCCO1)c1ccccc1NS(=O)(=O)c1ccc(F)cc1. The molecule has 138 valence electrons. The lowest BCUT2D eigenvalue weighted by Crippen LogP contribution is -2.32. The Hall–Kier alpha value is -2.45. The Morgan fingerprint density at radius 1 is 1.15 bits per heavy atom. The van der Waals surface area contributed by atoms with Gasteiger partial charge in [0.15, 0.2) is 0 Å². The minimum Gasteiger partial charge on any atom is -0.376 e. The van der Waals surface area contributed by atoms with Crippen molar-refractivity contribution in [1.82, 2.24) is 5.32 Å². The van der Waals surface area contributed by atoms with E-state index in [-0.39, 0.29) is 22.3 Å². The number of rotatable bonds is 6. The normalized spacial score (nSPS) is 17.0. The Bertz CT molecular complexity index is 878. The predicted octanol–water partition coefficient (Wildman–Crippen LogP) is 2.54. The molecular weight excluding hydrogens is 359 g/mol. The van der Waals surface area contributed by atoms with E-state index in [0.717, 1.165) is 37.1 Å². The van der Waals surface area contributed by atoms with Gasteiger partial charge in [0, 0.05) is 13.2 Å². The summed E-state index contributed by atoms with van der Waals surface area (Å²) < 4.78 is 45.8. The summed E-state index contributed by atoms with van der Waals surface area (Å²) in [6, 6.07) is 10.8. The van der Waals surface area contributed by atoms with Crippen LogP contribution in [0.1, 0.15) is 23.2 Å². The molecular formula is C18H19FN2O4S. The maximum Gasteiger partial charge on any atom is 0.261 e. The van der Waals surface area contributed by atoms with Crippen LogP contribution in [0.2, 0.25) is 0 Å². The molecule has 1 aliphatic heterocycles. The van der Waals surface area contributed by atoms with Crippen LogP contribution in [0.5, 0.6) is 0 Å². The van der Waals surface area contributed by atoms with Gasteiger partial charge < -0.3 is 10.1 Å². The molecule has 0 aromatic heterocycles. The highest BCUT2D eigenvalue weighted by Crippen LogP contribution is 2.20. The molecule has 26 heavy (non-hydrogen) atoms. The minimum atomic E-state index is -3.94. The molecule has 0 bridgehead atoms. The molecule has 3 rings (SSSR count). The van der Waals surface area contributed by atoms with E-state index in [4.69, 9.17) is 4.74 Å². The van der Waals surface area contributed by atoms with Crippen LogP contribution >= 0.6 is 0 Å². The maximum absolute atomic E-state index is 13.0. The van der Waals surface area contributed by atoms with E-state index in [1.807, 2.05) is 0 Å². The number of nitrogens with one attached hydrogen (secondary N) is 2. The van der Waals surface area contributed by atoms with Gasteiger partial charge in [0.25, 0.3) is 15.9 Å². The van der Waals surface area contributed by atoms with Crippen molar-refractivity contribution in [1.29, 1.82) is 0 Å². The lowest BCUT2D eigenvalue weighted by atomic mass is 10.1. The second-order valence-electron chi connectivity index (χ2n) is 5.95. The Morgan fingerprint density at radius 3 is 2.58 bits per heavy atom. The summed E-state index contributed by atoms with van der Waals surface area (Å²) in [4.78, 5) is 12.3. The number of amides is 1. The number of benzene rings is 2. The zero-order valence-corrected chi connectivity index (χ0v) is 14.8. The van der Waals surface area contributed by atoms with Crippen molar-refractivity contribution >= 4 is 21.6 Å². The third kappa shape index (κ3) is 4.39. The van der Waals surface area contributed by atoms with Gasteiger partial charge in [0.1, 0.15) is 5.82 Å². The third-order valence-corrected chi connectivity index (χ3v) is 5.44. The zero-order valence-electron chi connectivity index (χ0n) is 13.9. The van der Waals surface area contributed by atoms with Gasteiger partial charge in [-0.15, -0.1) is 0 Å². The molecule has 0 radical (unpaired) electrons. The minimum absolute atomic E-state index is 0.0120. The van der Waals surface area contributed by atoms with Gasteiger partial charge in [0.2, 0.25) is 0 Å². The number of hydrogen-bond donors (Lipinski definition) is 2. The van der Waals surface area contributed by atoms with Gasteiger partial charge in [-0.1, -0.05) is 12.1 Å². The molecule has 6 nitrogen and oxygen atoms in total. The van der Waals surface area contributed by atoms with E-state index >= 15 is 0 Å². The fourth-order valence-electron chi connectivity index (χ4n) is 2.69. The van der Waals surface area contributed by atoms with E-state index in [9.17, 15) is 17.6 Å². The summed E-state index contributed by atoms with van der Waals surface area (Å²) in [6.45, 7) is 1.06. The number of sulfonamides is 1. The van der Waals surface area contributed by atoms with Gasteiger partial charge in [-0.3, -0.25) is 9.52 Å². The van der Waals surface area contributed by atoms with Crippen LogP contribution in [0.25, 0.3) is 0 Å². The molecule has 8 heteroatoms. The summed E-state index contributed by atoms with van der Waals surface area (Å²) >= 11 is 0. The maximum atomic E-state index is 13.0. The van der Waals surface area contributed by atoms with Crippen LogP contribution in [0.3, 0.4) is 0 Å². The van der Waals surface area contributed by atoms with Gasteiger partial charge in [-0.05, 0) is 49.2 Å². The highest BCUT2D eigenvalue weighted by molar-refractivity contribution is 7.92. The monoisotopic (exact) mass is 378 g/mol. The number of carbonyl (C=O) groups is 1. The summed E-state index contributed by atoms with van der Waals surface area (Å²) in [6.07, 6.45) is 1.84. The first-order valence-electron chi connectivity index (χ1n) is 8.23. The number of halogens is 1. The second kappa shape index (κ2) is 7.84. The summed E-state index contributed by atoms with van der Waals surface area (Å²) in [5.41, 5.74) is 0.359. The second-order valence-corrected chi connectivity index (χ2v) is 7.63. The molecule has 0 unspecified atom stereocenters. The van der Waals surface area contributed by atoms with Crippen LogP contribution in [0.4, 0.5) is 10.1 Å². The first-order chi connectivity index (χ1) is 12.5. The van der Waals surface area contributed by atoms with Gasteiger partial charge in [-0.2, -0.15) is 0 Å². The first-order valence-corrected chi connectivity index (χ1v) is 9.71. The average molecular weight is 378 g/mol. The van der Waals surface area contributed by atoms with Crippen molar-refractivity contribution in [3.63, 3.8) is 0 Å². The van der Waals surface area contributed by atoms with E-state index in [0.29, 0.717) is 13.2 Å². The number of hydrogen-bond acceptors (Lipinski definition) is 4. The van der Waals surface area contributed by atoms with E-state index < -0.39 is 21.7 Å². The van der Waals surface area contributed by atoms with Gasteiger partial charge in [0.05, 0.1) is 22.3 Å². The van der Waals surface area contributed by atoms with Crippen molar-refractivity contribution < 1.29 is 22.3 Å². The smallest absolute Gasteiger partial charge is 0.261 e. The molecule has 2 N–H and O–H groups in total. The number of ether oxygens (including phenoxy) is 1. The van der Waals surface area contributed by atoms with Gasteiger partial charge in [-0.25, -0.2) is 12.8 Å². The number of anilines is 1. The summed E-state index contributed by atoms with van der Waals surface area (Å²) in [5.74, 6) is -0.921. The molecule has 0 saturated carbocycles. The Labute approximate surface area is 151 Å². The van der Waals surface area contributed by atoms with Crippen molar-refractivity contribution in [2.45, 2.75) is 23.8 Å². The van der Waals surface area contributed by atoms with Gasteiger partial charge >= 0.3 is 0 Å².